The Hall–Kier alpha value is -3.63. The molecule has 0 atom stereocenters. The van der Waals surface area contributed by atoms with Crippen LogP contribution in [0, 0.1) is 0 Å². The highest BCUT2D eigenvalue weighted by molar-refractivity contribution is 6.30. The molecule has 0 unspecified atom stereocenters. The monoisotopic (exact) mass is 496 g/mol. The molecule has 36 heavy (non-hydrogen) atoms. The third-order valence-electron chi connectivity index (χ3n) is 6.59. The second kappa shape index (κ2) is 11.4. The van der Waals surface area contributed by atoms with Gasteiger partial charge in [-0.05, 0) is 42.2 Å². The summed E-state index contributed by atoms with van der Waals surface area (Å²) in [5.74, 6) is 0.189. The lowest BCUT2D eigenvalue weighted by Crippen LogP contribution is -2.36. The molecule has 1 amide bonds. The van der Waals surface area contributed by atoms with E-state index in [9.17, 15) is 4.79 Å². The van der Waals surface area contributed by atoms with Gasteiger partial charge in [0.25, 0.3) is 5.91 Å². The zero-order chi connectivity index (χ0) is 24.7. The Morgan fingerprint density at radius 2 is 1.53 bits per heavy atom. The summed E-state index contributed by atoms with van der Waals surface area (Å²) in [6, 6.07) is 29.6. The summed E-state index contributed by atoms with van der Waals surface area (Å²) in [6.07, 6.45) is 5.53. The first-order valence-corrected chi connectivity index (χ1v) is 12.9. The Kier molecular flexibility index (Phi) is 7.63. The molecule has 0 spiro atoms. The van der Waals surface area contributed by atoms with Gasteiger partial charge in [0.1, 0.15) is 12.2 Å². The van der Waals surface area contributed by atoms with Gasteiger partial charge in [-0.2, -0.15) is 0 Å². The molecule has 1 N–H and O–H groups in total. The molecule has 0 radical (unpaired) electrons. The van der Waals surface area contributed by atoms with Crippen LogP contribution >= 0.6 is 11.6 Å². The van der Waals surface area contributed by atoms with E-state index >= 15 is 0 Å². The number of amides is 1. The van der Waals surface area contributed by atoms with Crippen molar-refractivity contribution in [2.24, 2.45) is 0 Å². The Bertz CT molecular complexity index is 1300. The summed E-state index contributed by atoms with van der Waals surface area (Å²) in [6.45, 7) is 0.322. The number of halogens is 1. The molecular weight excluding hydrogens is 468 g/mol. The number of ether oxygens (including phenoxy) is 1. The maximum Gasteiger partial charge on any atom is 0.257 e. The van der Waals surface area contributed by atoms with Crippen molar-refractivity contribution < 1.29 is 9.53 Å². The quantitative estimate of drug-likeness (QED) is 0.285. The second-order valence-corrected chi connectivity index (χ2v) is 9.63. The average Bonchev–Trinajstić information content (AvgIpc) is 2.93. The van der Waals surface area contributed by atoms with Crippen LogP contribution in [0.3, 0.4) is 0 Å². The van der Waals surface area contributed by atoms with Gasteiger partial charge >= 0.3 is 0 Å². The van der Waals surface area contributed by atoms with E-state index < -0.39 is 0 Å². The highest BCUT2D eigenvalue weighted by Gasteiger charge is 2.23. The summed E-state index contributed by atoms with van der Waals surface area (Å²) in [4.78, 5) is 18.5. The molecule has 0 saturated heterocycles. The maximum atomic E-state index is 13.6. The van der Waals surface area contributed by atoms with Gasteiger partial charge in [-0.3, -0.25) is 4.79 Å². The lowest BCUT2D eigenvalue weighted by Gasteiger charge is -2.23. The van der Waals surface area contributed by atoms with Gasteiger partial charge in [-0.25, -0.2) is 4.98 Å². The molecule has 1 saturated carbocycles. The molecule has 3 aromatic carbocycles. The van der Waals surface area contributed by atoms with E-state index in [0.717, 1.165) is 53.6 Å². The molecular formula is C31H29ClN2O2. The smallest absolute Gasteiger partial charge is 0.257 e. The zero-order valence-electron chi connectivity index (χ0n) is 20.1. The van der Waals surface area contributed by atoms with Gasteiger partial charge in [0.15, 0.2) is 0 Å². The fraction of sp³-hybridized carbons (Fsp3) is 0.226. The number of hydrogen-bond donors (Lipinski definition) is 1. The Morgan fingerprint density at radius 1 is 0.861 bits per heavy atom. The molecule has 4 aromatic rings. The number of nitrogens with zero attached hydrogens (tertiary/aromatic N) is 1. The number of rotatable bonds is 7. The van der Waals surface area contributed by atoms with E-state index in [1.165, 1.54) is 6.42 Å². The Labute approximate surface area is 217 Å². The Balaban J connectivity index is 1.59. The molecule has 5 heteroatoms. The molecule has 1 fully saturated rings. The van der Waals surface area contributed by atoms with E-state index in [4.69, 9.17) is 21.3 Å². The summed E-state index contributed by atoms with van der Waals surface area (Å²) in [5, 5.41) is 3.90. The predicted molar refractivity (Wildman–Crippen MR) is 145 cm³/mol. The lowest BCUT2D eigenvalue weighted by atomic mass is 9.94. The van der Waals surface area contributed by atoms with E-state index in [2.05, 4.69) is 5.32 Å². The number of benzene rings is 3. The van der Waals surface area contributed by atoms with Crippen molar-refractivity contribution >= 4 is 17.5 Å². The van der Waals surface area contributed by atoms with Gasteiger partial charge in [-0.15, -0.1) is 0 Å². The standard InChI is InChI=1S/C31H29ClN2O2/c32-25-18-16-24(17-19-25)29-27(23-12-6-2-7-13-23)20-28(30(35)33-26-14-8-3-9-15-26)31(34-29)36-21-22-10-4-1-5-11-22/h1-2,4-7,10-13,16-20,26H,3,8-9,14-15,21H2,(H,33,35). The third-order valence-corrected chi connectivity index (χ3v) is 6.85. The van der Waals surface area contributed by atoms with Gasteiger partial charge in [-0.1, -0.05) is 104 Å². The van der Waals surface area contributed by atoms with Crippen LogP contribution in [-0.2, 0) is 6.61 Å². The number of carbonyl (C=O) groups excluding carboxylic acids is 1. The summed E-state index contributed by atoms with van der Waals surface area (Å²) in [5.41, 5.74) is 4.97. The first kappa shape index (κ1) is 24.1. The minimum absolute atomic E-state index is 0.141. The second-order valence-electron chi connectivity index (χ2n) is 9.19. The molecule has 1 aliphatic rings. The number of pyridine rings is 1. The lowest BCUT2D eigenvalue weighted by molar-refractivity contribution is 0.0922. The largest absolute Gasteiger partial charge is 0.472 e. The number of nitrogens with one attached hydrogen (secondary N) is 1. The topological polar surface area (TPSA) is 51.2 Å². The van der Waals surface area contributed by atoms with Crippen LogP contribution in [-0.4, -0.2) is 16.9 Å². The molecule has 1 aliphatic carbocycles. The zero-order valence-corrected chi connectivity index (χ0v) is 20.9. The van der Waals surface area contributed by atoms with Crippen LogP contribution in [0.1, 0.15) is 48.0 Å². The summed E-state index contributed by atoms with van der Waals surface area (Å²) >= 11 is 6.17. The molecule has 1 heterocycles. The molecule has 0 bridgehead atoms. The van der Waals surface area contributed by atoms with Gasteiger partial charge in [0.05, 0.1) is 5.69 Å². The minimum atomic E-state index is -0.141. The first-order valence-electron chi connectivity index (χ1n) is 12.5. The number of hydrogen-bond acceptors (Lipinski definition) is 3. The third kappa shape index (κ3) is 5.77. The van der Waals surface area contributed by atoms with Crippen LogP contribution in [0.5, 0.6) is 5.88 Å². The fourth-order valence-corrected chi connectivity index (χ4v) is 4.80. The molecule has 5 rings (SSSR count). The van der Waals surface area contributed by atoms with Crippen molar-refractivity contribution in [2.75, 3.05) is 0 Å². The van der Waals surface area contributed by atoms with Crippen LogP contribution in [0.4, 0.5) is 0 Å². The first-order chi connectivity index (χ1) is 17.7. The van der Waals surface area contributed by atoms with E-state index in [1.54, 1.807) is 0 Å². The number of aromatic nitrogens is 1. The highest BCUT2D eigenvalue weighted by atomic mass is 35.5. The number of carbonyl (C=O) groups is 1. The van der Waals surface area contributed by atoms with Crippen molar-refractivity contribution in [3.05, 3.63) is 107 Å². The maximum absolute atomic E-state index is 13.6. The van der Waals surface area contributed by atoms with E-state index in [1.807, 2.05) is 91.0 Å². The summed E-state index contributed by atoms with van der Waals surface area (Å²) in [7, 11) is 0. The minimum Gasteiger partial charge on any atom is -0.472 e. The van der Waals surface area contributed by atoms with Crippen LogP contribution in [0.2, 0.25) is 5.02 Å². The van der Waals surface area contributed by atoms with Crippen molar-refractivity contribution in [1.29, 1.82) is 0 Å². The van der Waals surface area contributed by atoms with Gasteiger partial charge in [0.2, 0.25) is 5.88 Å². The van der Waals surface area contributed by atoms with Gasteiger partial charge in [0, 0.05) is 22.2 Å². The average molecular weight is 497 g/mol. The van der Waals surface area contributed by atoms with E-state index in [-0.39, 0.29) is 11.9 Å². The molecule has 0 aliphatic heterocycles. The summed E-state index contributed by atoms with van der Waals surface area (Å²) < 4.78 is 6.21. The SMILES string of the molecule is O=C(NC1CCCCC1)c1cc(-c2ccccc2)c(-c2ccc(Cl)cc2)nc1OCc1ccccc1. The Morgan fingerprint density at radius 3 is 2.22 bits per heavy atom. The normalized spacial score (nSPS) is 13.8. The van der Waals surface area contributed by atoms with Crippen molar-refractivity contribution in [3.8, 4) is 28.3 Å². The van der Waals surface area contributed by atoms with Crippen molar-refractivity contribution in [2.45, 2.75) is 44.8 Å². The molecule has 1 aromatic heterocycles. The van der Waals surface area contributed by atoms with Crippen LogP contribution in [0.25, 0.3) is 22.4 Å². The fourth-order valence-electron chi connectivity index (χ4n) is 4.67. The highest BCUT2D eigenvalue weighted by Crippen LogP contribution is 2.35. The predicted octanol–water partition coefficient (Wildman–Crippen LogP) is 7.71. The van der Waals surface area contributed by atoms with Crippen LogP contribution < -0.4 is 10.1 Å². The molecule has 4 nitrogen and oxygen atoms in total. The van der Waals surface area contributed by atoms with Crippen LogP contribution in [0.15, 0.2) is 91.0 Å². The van der Waals surface area contributed by atoms with Crippen molar-refractivity contribution in [1.82, 2.24) is 10.3 Å². The van der Waals surface area contributed by atoms with Crippen molar-refractivity contribution in [3.63, 3.8) is 0 Å². The van der Waals surface area contributed by atoms with Gasteiger partial charge < -0.3 is 10.1 Å². The molecule has 182 valence electrons. The van der Waals surface area contributed by atoms with E-state index in [0.29, 0.717) is 23.1 Å².